The Morgan fingerprint density at radius 2 is 0.774 bits per heavy atom. The second kappa shape index (κ2) is 13.0. The molecule has 0 N–H and O–H groups in total. The molecule has 0 aliphatic rings. The van der Waals surface area contributed by atoms with Crippen LogP contribution in [0.25, 0.3) is 99.0 Å². The smallest absolute Gasteiger partial charge is 0.164 e. The Kier molecular flexibility index (Phi) is 7.59. The summed E-state index contributed by atoms with van der Waals surface area (Å²) >= 11 is 1.84. The van der Waals surface area contributed by atoms with Gasteiger partial charge < -0.3 is 0 Å². The van der Waals surface area contributed by atoms with Gasteiger partial charge in [0.05, 0.1) is 22.4 Å². The van der Waals surface area contributed by atoms with E-state index >= 15 is 0 Å². The third kappa shape index (κ3) is 5.72. The van der Waals surface area contributed by atoms with Crippen molar-refractivity contribution in [1.29, 1.82) is 0 Å². The average molecular weight is 696 g/mol. The number of hydrogen-bond acceptors (Lipinski definition) is 6. The van der Waals surface area contributed by atoms with E-state index in [4.69, 9.17) is 24.9 Å². The van der Waals surface area contributed by atoms with Crippen molar-refractivity contribution in [3.05, 3.63) is 176 Å². The molecule has 10 aromatic rings. The highest BCUT2D eigenvalue weighted by Crippen LogP contribution is 2.41. The van der Waals surface area contributed by atoms with E-state index in [9.17, 15) is 0 Å². The Morgan fingerprint density at radius 3 is 1.42 bits per heavy atom. The number of para-hydroxylation sites is 2. The molecule has 53 heavy (non-hydrogen) atoms. The van der Waals surface area contributed by atoms with Gasteiger partial charge in [-0.25, -0.2) is 24.9 Å². The first kappa shape index (κ1) is 30.9. The van der Waals surface area contributed by atoms with Crippen LogP contribution in [-0.4, -0.2) is 24.9 Å². The molecule has 248 valence electrons. The zero-order valence-corrected chi connectivity index (χ0v) is 29.2. The fraction of sp³-hybridized carbons (Fsp3) is 0. The Hall–Kier alpha value is -6.89. The molecule has 0 atom stereocenters. The van der Waals surface area contributed by atoms with Gasteiger partial charge in [0.25, 0.3) is 0 Å². The normalized spacial score (nSPS) is 11.4. The fourth-order valence-electron chi connectivity index (χ4n) is 6.95. The van der Waals surface area contributed by atoms with E-state index in [1.807, 2.05) is 108 Å². The standard InChI is InChI=1S/C47H29N5S/c1-3-14-30(15-4-1)45-50-46(31-16-5-2-6-17-31)52-47(51-45)35-21-12-20-34(29-35)43-42(48-39-25-8-9-26-40(39)49-43)33-19-11-18-32(28-33)36-23-13-24-38-37-22-7-10-27-41(37)53-44(36)38/h1-29H. The molecule has 0 saturated heterocycles. The zero-order chi connectivity index (χ0) is 35.1. The minimum atomic E-state index is 0.591. The molecule has 0 saturated carbocycles. The first-order chi connectivity index (χ1) is 26.2. The van der Waals surface area contributed by atoms with Gasteiger partial charge >= 0.3 is 0 Å². The van der Waals surface area contributed by atoms with Crippen LogP contribution in [0.5, 0.6) is 0 Å². The second-order valence-corrected chi connectivity index (χ2v) is 13.9. The van der Waals surface area contributed by atoms with Gasteiger partial charge in [-0.15, -0.1) is 11.3 Å². The molecule has 0 spiro atoms. The molecule has 10 rings (SSSR count). The van der Waals surface area contributed by atoms with E-state index < -0.39 is 0 Å². The molecule has 3 heterocycles. The molecule has 0 unspecified atom stereocenters. The first-order valence-corrected chi connectivity index (χ1v) is 18.3. The Bertz CT molecular complexity index is 2900. The molecule has 6 heteroatoms. The molecule has 0 fully saturated rings. The van der Waals surface area contributed by atoms with Crippen molar-refractivity contribution >= 4 is 42.5 Å². The highest BCUT2D eigenvalue weighted by atomic mass is 32.1. The van der Waals surface area contributed by atoms with Gasteiger partial charge in [0.15, 0.2) is 17.5 Å². The van der Waals surface area contributed by atoms with Crippen LogP contribution in [-0.2, 0) is 0 Å². The van der Waals surface area contributed by atoms with Crippen molar-refractivity contribution < 1.29 is 0 Å². The van der Waals surface area contributed by atoms with Gasteiger partial charge in [-0.05, 0) is 41.5 Å². The third-order valence-corrected chi connectivity index (χ3v) is 10.7. The largest absolute Gasteiger partial charge is 0.244 e. The molecule has 5 nitrogen and oxygen atoms in total. The topological polar surface area (TPSA) is 64.5 Å². The molecular formula is C47H29N5S. The highest BCUT2D eigenvalue weighted by Gasteiger charge is 2.18. The van der Waals surface area contributed by atoms with Crippen molar-refractivity contribution in [2.24, 2.45) is 0 Å². The van der Waals surface area contributed by atoms with Gasteiger partial charge in [-0.1, -0.05) is 146 Å². The third-order valence-electron chi connectivity index (χ3n) is 9.52. The number of nitrogens with zero attached hydrogens (tertiary/aromatic N) is 5. The minimum absolute atomic E-state index is 0.591. The molecule has 0 amide bonds. The molecule has 0 bridgehead atoms. The Labute approximate surface area is 310 Å². The maximum absolute atomic E-state index is 5.26. The van der Waals surface area contributed by atoms with E-state index in [0.29, 0.717) is 17.5 Å². The molecule has 0 radical (unpaired) electrons. The SMILES string of the molecule is c1ccc(-c2nc(-c3ccccc3)nc(-c3cccc(-c4nc5ccccc5nc4-c4cccc(-c5cccc6c5sc5ccccc56)c4)c3)n2)cc1. The summed E-state index contributed by atoms with van der Waals surface area (Å²) < 4.78 is 2.57. The molecule has 0 aliphatic carbocycles. The van der Waals surface area contributed by atoms with E-state index in [2.05, 4.69) is 78.9 Å². The first-order valence-electron chi connectivity index (χ1n) is 17.5. The van der Waals surface area contributed by atoms with Gasteiger partial charge in [0.1, 0.15) is 0 Å². The van der Waals surface area contributed by atoms with Gasteiger partial charge in [0.2, 0.25) is 0 Å². The molecular weight excluding hydrogens is 667 g/mol. The summed E-state index contributed by atoms with van der Waals surface area (Å²) in [6.07, 6.45) is 0. The summed E-state index contributed by atoms with van der Waals surface area (Å²) in [5.74, 6) is 1.83. The fourth-order valence-corrected chi connectivity index (χ4v) is 8.19. The monoisotopic (exact) mass is 695 g/mol. The van der Waals surface area contributed by atoms with Crippen molar-refractivity contribution in [3.63, 3.8) is 0 Å². The lowest BCUT2D eigenvalue weighted by atomic mass is 9.97. The van der Waals surface area contributed by atoms with Crippen LogP contribution in [0.1, 0.15) is 0 Å². The number of hydrogen-bond donors (Lipinski definition) is 0. The van der Waals surface area contributed by atoms with E-state index in [1.165, 1.54) is 25.7 Å². The van der Waals surface area contributed by atoms with Gasteiger partial charge in [-0.3, -0.25) is 0 Å². The van der Waals surface area contributed by atoms with E-state index in [-0.39, 0.29) is 0 Å². The lowest BCUT2D eigenvalue weighted by molar-refractivity contribution is 1.07. The molecule has 3 aromatic heterocycles. The lowest BCUT2D eigenvalue weighted by Gasteiger charge is -2.13. The van der Waals surface area contributed by atoms with Crippen molar-refractivity contribution in [2.75, 3.05) is 0 Å². The number of rotatable bonds is 6. The summed E-state index contributed by atoms with van der Waals surface area (Å²) in [6, 6.07) is 60.3. The van der Waals surface area contributed by atoms with Crippen LogP contribution >= 0.6 is 11.3 Å². The van der Waals surface area contributed by atoms with Crippen molar-refractivity contribution in [1.82, 2.24) is 24.9 Å². The van der Waals surface area contributed by atoms with Crippen LogP contribution in [0.2, 0.25) is 0 Å². The number of fused-ring (bicyclic) bond motifs is 4. The number of thiophene rings is 1. The van der Waals surface area contributed by atoms with Crippen LogP contribution in [0.3, 0.4) is 0 Å². The van der Waals surface area contributed by atoms with E-state index in [1.54, 1.807) is 0 Å². The van der Waals surface area contributed by atoms with Crippen LogP contribution in [0, 0.1) is 0 Å². The molecule has 7 aromatic carbocycles. The highest BCUT2D eigenvalue weighted by molar-refractivity contribution is 7.26. The summed E-state index contributed by atoms with van der Waals surface area (Å²) in [5.41, 5.74) is 10.3. The summed E-state index contributed by atoms with van der Waals surface area (Å²) in [4.78, 5) is 25.4. The van der Waals surface area contributed by atoms with Crippen molar-refractivity contribution in [2.45, 2.75) is 0 Å². The minimum Gasteiger partial charge on any atom is -0.244 e. The quantitative estimate of drug-likeness (QED) is 0.173. The zero-order valence-electron chi connectivity index (χ0n) is 28.4. The predicted octanol–water partition coefficient (Wildman–Crippen LogP) is 12.2. The lowest BCUT2D eigenvalue weighted by Crippen LogP contribution is -2.00. The number of aromatic nitrogens is 5. The van der Waals surface area contributed by atoms with Crippen LogP contribution in [0.15, 0.2) is 176 Å². The predicted molar refractivity (Wildman–Crippen MR) is 218 cm³/mol. The molecule has 0 aliphatic heterocycles. The Balaban J connectivity index is 1.13. The van der Waals surface area contributed by atoms with Crippen LogP contribution < -0.4 is 0 Å². The average Bonchev–Trinajstić information content (AvgIpc) is 3.63. The van der Waals surface area contributed by atoms with Gasteiger partial charge in [0, 0.05) is 48.0 Å². The Morgan fingerprint density at radius 1 is 0.321 bits per heavy atom. The summed E-state index contributed by atoms with van der Waals surface area (Å²) in [7, 11) is 0. The maximum atomic E-state index is 5.26. The number of benzene rings is 7. The van der Waals surface area contributed by atoms with Crippen LogP contribution in [0.4, 0.5) is 0 Å². The maximum Gasteiger partial charge on any atom is 0.164 e. The second-order valence-electron chi connectivity index (χ2n) is 12.9. The summed E-state index contributed by atoms with van der Waals surface area (Å²) in [6.45, 7) is 0. The summed E-state index contributed by atoms with van der Waals surface area (Å²) in [5, 5.41) is 2.57. The van der Waals surface area contributed by atoms with E-state index in [0.717, 1.165) is 55.8 Å². The van der Waals surface area contributed by atoms with Crippen molar-refractivity contribution in [3.8, 4) is 67.8 Å². The van der Waals surface area contributed by atoms with Gasteiger partial charge in [-0.2, -0.15) is 0 Å².